The van der Waals surface area contributed by atoms with Crippen LogP contribution in [0.2, 0.25) is 0 Å². The van der Waals surface area contributed by atoms with Gasteiger partial charge in [0.2, 0.25) is 0 Å². The van der Waals surface area contributed by atoms with Gasteiger partial charge in [0, 0.05) is 24.6 Å². The Balaban J connectivity index is 2.02. The van der Waals surface area contributed by atoms with Crippen molar-refractivity contribution in [3.05, 3.63) is 53.3 Å². The van der Waals surface area contributed by atoms with E-state index in [0.29, 0.717) is 0 Å². The van der Waals surface area contributed by atoms with Crippen LogP contribution in [0, 0.1) is 13.8 Å². The summed E-state index contributed by atoms with van der Waals surface area (Å²) in [5, 5.41) is 3.40. The van der Waals surface area contributed by atoms with Crippen LogP contribution in [0.5, 0.6) is 0 Å². The third kappa shape index (κ3) is 2.40. The summed E-state index contributed by atoms with van der Waals surface area (Å²) in [6.45, 7) is 5.13. The monoisotopic (exact) mass is 200 g/mol. The van der Waals surface area contributed by atoms with Crippen molar-refractivity contribution in [2.75, 3.05) is 5.32 Å². The van der Waals surface area contributed by atoms with E-state index in [9.17, 15) is 0 Å². The van der Waals surface area contributed by atoms with Crippen molar-refractivity contribution in [2.24, 2.45) is 0 Å². The smallest absolute Gasteiger partial charge is 0.0415 e. The first-order chi connectivity index (χ1) is 7.25. The second kappa shape index (κ2) is 4.22. The first-order valence-corrected chi connectivity index (χ1v) is 5.18. The molecular weight excluding hydrogens is 184 g/mol. The Morgan fingerprint density at radius 1 is 1.13 bits per heavy atom. The van der Waals surface area contributed by atoms with E-state index in [0.717, 1.165) is 6.54 Å². The van der Waals surface area contributed by atoms with Gasteiger partial charge in [-0.15, -0.1) is 0 Å². The van der Waals surface area contributed by atoms with Crippen molar-refractivity contribution >= 4 is 5.69 Å². The highest BCUT2D eigenvalue weighted by atomic mass is 14.9. The Hall–Kier alpha value is -1.70. The molecule has 78 valence electrons. The number of H-pyrrole nitrogens is 1. The molecule has 2 N–H and O–H groups in total. The van der Waals surface area contributed by atoms with Crippen molar-refractivity contribution in [1.82, 2.24) is 4.98 Å². The zero-order valence-electron chi connectivity index (χ0n) is 9.17. The number of nitrogens with one attached hydrogen (secondary N) is 2. The van der Waals surface area contributed by atoms with Gasteiger partial charge < -0.3 is 10.3 Å². The van der Waals surface area contributed by atoms with E-state index < -0.39 is 0 Å². The molecule has 0 amide bonds. The molecule has 0 bridgehead atoms. The highest BCUT2D eigenvalue weighted by Gasteiger charge is 1.96. The number of aryl methyl sites for hydroxylation is 2. The Bertz CT molecular complexity index is 430. The molecule has 0 saturated carbocycles. The van der Waals surface area contributed by atoms with E-state index in [1.165, 1.54) is 22.4 Å². The second-order valence-corrected chi connectivity index (χ2v) is 3.87. The molecule has 0 aliphatic heterocycles. The second-order valence-electron chi connectivity index (χ2n) is 3.87. The zero-order valence-corrected chi connectivity index (χ0v) is 9.17. The predicted octanol–water partition coefficient (Wildman–Crippen LogP) is 3.24. The average molecular weight is 200 g/mol. The number of hydrogen-bond acceptors (Lipinski definition) is 1. The molecule has 1 heterocycles. The number of anilines is 1. The fraction of sp³-hybridized carbons (Fsp3) is 0.231. The number of aromatic amines is 1. The molecule has 2 rings (SSSR count). The lowest BCUT2D eigenvalue weighted by Crippen LogP contribution is -1.98. The van der Waals surface area contributed by atoms with Crippen LogP contribution >= 0.6 is 0 Å². The molecule has 0 saturated heterocycles. The van der Waals surface area contributed by atoms with Gasteiger partial charge in [-0.3, -0.25) is 0 Å². The maximum Gasteiger partial charge on any atom is 0.0415 e. The van der Waals surface area contributed by atoms with E-state index in [-0.39, 0.29) is 0 Å². The van der Waals surface area contributed by atoms with E-state index in [2.05, 4.69) is 48.4 Å². The van der Waals surface area contributed by atoms with Crippen molar-refractivity contribution in [2.45, 2.75) is 20.4 Å². The summed E-state index contributed by atoms with van der Waals surface area (Å²) >= 11 is 0. The molecule has 2 nitrogen and oxygen atoms in total. The number of rotatable bonds is 3. The van der Waals surface area contributed by atoms with Crippen LogP contribution in [-0.2, 0) is 6.54 Å². The van der Waals surface area contributed by atoms with Crippen LogP contribution in [0.1, 0.15) is 16.7 Å². The number of benzene rings is 1. The van der Waals surface area contributed by atoms with Crippen LogP contribution in [0.15, 0.2) is 36.7 Å². The van der Waals surface area contributed by atoms with Gasteiger partial charge in [-0.25, -0.2) is 0 Å². The summed E-state index contributed by atoms with van der Waals surface area (Å²) in [5.41, 5.74) is 5.11. The summed E-state index contributed by atoms with van der Waals surface area (Å²) in [4.78, 5) is 3.05. The van der Waals surface area contributed by atoms with Gasteiger partial charge in [0.25, 0.3) is 0 Å². The highest BCUT2D eigenvalue weighted by molar-refractivity contribution is 5.48. The molecule has 2 aromatic rings. The topological polar surface area (TPSA) is 27.8 Å². The molecule has 0 spiro atoms. The first kappa shape index (κ1) is 9.84. The van der Waals surface area contributed by atoms with Crippen LogP contribution in [0.4, 0.5) is 5.69 Å². The van der Waals surface area contributed by atoms with E-state index in [1.54, 1.807) is 0 Å². The molecule has 2 heteroatoms. The van der Waals surface area contributed by atoms with Crippen LogP contribution in [-0.4, -0.2) is 4.98 Å². The Labute approximate surface area is 90.3 Å². The molecule has 0 aliphatic rings. The summed E-state index contributed by atoms with van der Waals surface area (Å²) < 4.78 is 0. The minimum absolute atomic E-state index is 0.867. The Morgan fingerprint density at radius 3 is 2.67 bits per heavy atom. The molecule has 1 aromatic heterocycles. The minimum Gasteiger partial charge on any atom is -0.381 e. The molecule has 0 aliphatic carbocycles. The van der Waals surface area contributed by atoms with Crippen molar-refractivity contribution in [3.8, 4) is 0 Å². The van der Waals surface area contributed by atoms with Gasteiger partial charge in [0.05, 0.1) is 0 Å². The fourth-order valence-electron chi connectivity index (χ4n) is 1.52. The fourth-order valence-corrected chi connectivity index (χ4v) is 1.52. The SMILES string of the molecule is Cc1ccc(NCc2cc[nH]c2)cc1C. The third-order valence-corrected chi connectivity index (χ3v) is 2.67. The quantitative estimate of drug-likeness (QED) is 0.782. The Kier molecular flexibility index (Phi) is 2.77. The highest BCUT2D eigenvalue weighted by Crippen LogP contribution is 2.14. The third-order valence-electron chi connectivity index (χ3n) is 2.67. The summed E-state index contributed by atoms with van der Waals surface area (Å²) in [6.07, 6.45) is 3.95. The average Bonchev–Trinajstić information content (AvgIpc) is 2.73. The maximum absolute atomic E-state index is 3.40. The summed E-state index contributed by atoms with van der Waals surface area (Å²) in [5.74, 6) is 0. The van der Waals surface area contributed by atoms with Crippen molar-refractivity contribution < 1.29 is 0 Å². The molecule has 0 atom stereocenters. The van der Waals surface area contributed by atoms with Gasteiger partial charge in [-0.1, -0.05) is 6.07 Å². The lowest BCUT2D eigenvalue weighted by Gasteiger charge is -2.07. The zero-order chi connectivity index (χ0) is 10.7. The molecule has 15 heavy (non-hydrogen) atoms. The number of aromatic nitrogens is 1. The molecule has 1 aromatic carbocycles. The molecule has 0 unspecified atom stereocenters. The van der Waals surface area contributed by atoms with Gasteiger partial charge in [0.15, 0.2) is 0 Å². The van der Waals surface area contributed by atoms with Crippen LogP contribution in [0.25, 0.3) is 0 Å². The summed E-state index contributed by atoms with van der Waals surface area (Å²) in [7, 11) is 0. The lowest BCUT2D eigenvalue weighted by molar-refractivity contribution is 1.15. The molecule has 0 radical (unpaired) electrons. The van der Waals surface area contributed by atoms with Crippen LogP contribution in [0.3, 0.4) is 0 Å². The maximum atomic E-state index is 3.40. The molecule has 0 fully saturated rings. The van der Waals surface area contributed by atoms with E-state index in [4.69, 9.17) is 0 Å². The standard InChI is InChI=1S/C13H16N2/c1-10-3-4-13(7-11(10)2)15-9-12-5-6-14-8-12/h3-8,14-15H,9H2,1-2H3. The van der Waals surface area contributed by atoms with E-state index in [1.807, 2.05) is 12.4 Å². The van der Waals surface area contributed by atoms with Gasteiger partial charge in [-0.2, -0.15) is 0 Å². The number of hydrogen-bond donors (Lipinski definition) is 2. The summed E-state index contributed by atoms with van der Waals surface area (Å²) in [6, 6.07) is 8.53. The lowest BCUT2D eigenvalue weighted by atomic mass is 10.1. The predicted molar refractivity (Wildman–Crippen MR) is 64.0 cm³/mol. The van der Waals surface area contributed by atoms with Gasteiger partial charge in [-0.05, 0) is 48.7 Å². The molecular formula is C13H16N2. The van der Waals surface area contributed by atoms with Crippen LogP contribution < -0.4 is 5.32 Å². The minimum atomic E-state index is 0.867. The van der Waals surface area contributed by atoms with Gasteiger partial charge in [0.1, 0.15) is 0 Å². The normalized spacial score (nSPS) is 10.3. The Morgan fingerprint density at radius 2 is 2.00 bits per heavy atom. The largest absolute Gasteiger partial charge is 0.381 e. The van der Waals surface area contributed by atoms with Gasteiger partial charge >= 0.3 is 0 Å². The van der Waals surface area contributed by atoms with E-state index >= 15 is 0 Å². The first-order valence-electron chi connectivity index (χ1n) is 5.18. The van der Waals surface area contributed by atoms with Crippen molar-refractivity contribution in [1.29, 1.82) is 0 Å². The van der Waals surface area contributed by atoms with Crippen molar-refractivity contribution in [3.63, 3.8) is 0 Å².